The highest BCUT2D eigenvalue weighted by atomic mass is 32.2. The standard InChI is InChI=1S/C25H24N2O4S/c1-2-31-25(28)23(26)16-18-12-14-19(15-13-18)22-17-27(24-11-7-6-10-21(22)24)32(29,30)20-8-4-3-5-9-20/h3-15,17,23H,2,16,26H2,1H3/t23-/m0/s1. The Morgan fingerprint density at radius 2 is 1.62 bits per heavy atom. The summed E-state index contributed by atoms with van der Waals surface area (Å²) in [7, 11) is -3.74. The lowest BCUT2D eigenvalue weighted by molar-refractivity contribution is -0.144. The average Bonchev–Trinajstić information content (AvgIpc) is 3.21. The van der Waals surface area contributed by atoms with Crippen LogP contribution in [0.3, 0.4) is 0 Å². The highest BCUT2D eigenvalue weighted by molar-refractivity contribution is 7.90. The van der Waals surface area contributed by atoms with Crippen LogP contribution in [-0.2, 0) is 26.0 Å². The van der Waals surface area contributed by atoms with E-state index in [1.165, 1.54) is 3.97 Å². The van der Waals surface area contributed by atoms with Gasteiger partial charge in [-0.05, 0) is 42.7 Å². The van der Waals surface area contributed by atoms with Gasteiger partial charge in [0.25, 0.3) is 10.0 Å². The molecule has 32 heavy (non-hydrogen) atoms. The van der Waals surface area contributed by atoms with E-state index in [2.05, 4.69) is 0 Å². The number of hydrogen-bond donors (Lipinski definition) is 1. The number of ether oxygens (including phenoxy) is 1. The van der Waals surface area contributed by atoms with Gasteiger partial charge in [0.05, 0.1) is 17.0 Å². The first-order valence-electron chi connectivity index (χ1n) is 10.3. The van der Waals surface area contributed by atoms with Gasteiger partial charge in [0.2, 0.25) is 0 Å². The molecule has 0 saturated heterocycles. The highest BCUT2D eigenvalue weighted by Gasteiger charge is 2.21. The van der Waals surface area contributed by atoms with Crippen LogP contribution in [0.5, 0.6) is 0 Å². The van der Waals surface area contributed by atoms with Crippen LogP contribution in [0.2, 0.25) is 0 Å². The number of hydrogen-bond acceptors (Lipinski definition) is 5. The van der Waals surface area contributed by atoms with Crippen LogP contribution >= 0.6 is 0 Å². The average molecular weight is 449 g/mol. The zero-order valence-electron chi connectivity index (χ0n) is 17.6. The summed E-state index contributed by atoms with van der Waals surface area (Å²) in [6.07, 6.45) is 2.02. The normalized spacial score (nSPS) is 12.6. The Morgan fingerprint density at radius 3 is 2.31 bits per heavy atom. The summed E-state index contributed by atoms with van der Waals surface area (Å²) < 4.78 is 32.9. The summed E-state index contributed by atoms with van der Waals surface area (Å²) in [4.78, 5) is 12.0. The van der Waals surface area contributed by atoms with E-state index in [0.717, 1.165) is 22.1 Å². The molecule has 0 aliphatic carbocycles. The quantitative estimate of drug-likeness (QED) is 0.432. The van der Waals surface area contributed by atoms with Crippen molar-refractivity contribution >= 4 is 26.9 Å². The smallest absolute Gasteiger partial charge is 0.323 e. The van der Waals surface area contributed by atoms with Gasteiger partial charge in [-0.3, -0.25) is 4.79 Å². The lowest BCUT2D eigenvalue weighted by Gasteiger charge is -2.11. The van der Waals surface area contributed by atoms with Crippen molar-refractivity contribution in [1.29, 1.82) is 0 Å². The second-order valence-corrected chi connectivity index (χ2v) is 9.25. The van der Waals surface area contributed by atoms with E-state index in [1.54, 1.807) is 49.5 Å². The number of rotatable bonds is 7. The second kappa shape index (κ2) is 8.98. The molecular formula is C25H24N2O4S. The van der Waals surface area contributed by atoms with Crippen molar-refractivity contribution in [3.63, 3.8) is 0 Å². The largest absolute Gasteiger partial charge is 0.465 e. The zero-order chi connectivity index (χ0) is 22.7. The fraction of sp³-hybridized carbons (Fsp3) is 0.160. The Bertz CT molecular complexity index is 1340. The van der Waals surface area contributed by atoms with Gasteiger partial charge < -0.3 is 10.5 Å². The predicted octanol–water partition coefficient (Wildman–Crippen LogP) is 3.98. The molecule has 1 heterocycles. The van der Waals surface area contributed by atoms with Crippen LogP contribution in [0, 0.1) is 0 Å². The van der Waals surface area contributed by atoms with Gasteiger partial charge in [-0.25, -0.2) is 12.4 Å². The van der Waals surface area contributed by atoms with Gasteiger partial charge in [0.1, 0.15) is 6.04 Å². The third kappa shape index (κ3) is 4.17. The lowest BCUT2D eigenvalue weighted by Crippen LogP contribution is -2.34. The fourth-order valence-corrected chi connectivity index (χ4v) is 5.08. The molecule has 1 atom stereocenters. The summed E-state index contributed by atoms with van der Waals surface area (Å²) in [5, 5.41) is 0.836. The molecule has 4 aromatic rings. The van der Waals surface area contributed by atoms with Gasteiger partial charge in [-0.1, -0.05) is 60.7 Å². The molecule has 0 amide bonds. The lowest BCUT2D eigenvalue weighted by atomic mass is 10.0. The minimum absolute atomic E-state index is 0.232. The third-order valence-corrected chi connectivity index (χ3v) is 6.98. The minimum atomic E-state index is -3.74. The van der Waals surface area contributed by atoms with Crippen LogP contribution < -0.4 is 5.73 Å². The first kappa shape index (κ1) is 21.8. The molecule has 0 bridgehead atoms. The van der Waals surface area contributed by atoms with Gasteiger partial charge in [0, 0.05) is 17.1 Å². The van der Waals surface area contributed by atoms with Crippen LogP contribution in [0.15, 0.2) is 90.0 Å². The monoisotopic (exact) mass is 448 g/mol. The van der Waals surface area contributed by atoms with E-state index in [1.807, 2.05) is 42.5 Å². The van der Waals surface area contributed by atoms with E-state index >= 15 is 0 Å². The molecule has 0 unspecified atom stereocenters. The second-order valence-electron chi connectivity index (χ2n) is 7.43. The van der Waals surface area contributed by atoms with Crippen LogP contribution in [-0.4, -0.2) is 31.0 Å². The number of nitrogens with two attached hydrogens (primary N) is 1. The maximum absolute atomic E-state index is 13.3. The highest BCUT2D eigenvalue weighted by Crippen LogP contribution is 2.33. The zero-order valence-corrected chi connectivity index (χ0v) is 18.5. The number of fused-ring (bicyclic) bond motifs is 1. The van der Waals surface area contributed by atoms with E-state index in [4.69, 9.17) is 10.5 Å². The Labute approximate surface area is 187 Å². The Hall–Kier alpha value is -3.42. The molecule has 3 aromatic carbocycles. The molecule has 0 aliphatic rings. The molecule has 1 aromatic heterocycles. The minimum Gasteiger partial charge on any atom is -0.465 e. The Morgan fingerprint density at radius 1 is 0.969 bits per heavy atom. The summed E-state index contributed by atoms with van der Waals surface area (Å²) in [5.41, 5.74) is 9.11. The maximum Gasteiger partial charge on any atom is 0.323 e. The predicted molar refractivity (Wildman–Crippen MR) is 125 cm³/mol. The molecule has 2 N–H and O–H groups in total. The van der Waals surface area contributed by atoms with Crippen molar-refractivity contribution < 1.29 is 17.9 Å². The molecule has 0 spiro atoms. The van der Waals surface area contributed by atoms with Crippen molar-refractivity contribution in [2.24, 2.45) is 5.73 Å². The molecule has 0 fully saturated rings. The maximum atomic E-state index is 13.3. The molecule has 164 valence electrons. The summed E-state index contributed by atoms with van der Waals surface area (Å²) >= 11 is 0. The Balaban J connectivity index is 1.71. The number of carbonyl (C=O) groups is 1. The number of para-hydroxylation sites is 1. The summed E-state index contributed by atoms with van der Waals surface area (Å²) in [6, 6.07) is 22.7. The number of carbonyl (C=O) groups excluding carboxylic acids is 1. The molecule has 0 aliphatic heterocycles. The number of benzene rings is 3. The molecule has 4 rings (SSSR count). The van der Waals surface area contributed by atoms with Crippen LogP contribution in [0.1, 0.15) is 12.5 Å². The first-order valence-corrected chi connectivity index (χ1v) is 11.8. The third-order valence-electron chi connectivity index (χ3n) is 5.29. The van der Waals surface area contributed by atoms with E-state index in [0.29, 0.717) is 18.5 Å². The SMILES string of the molecule is CCOC(=O)[C@@H](N)Cc1ccc(-c2cn(S(=O)(=O)c3ccccc3)c3ccccc23)cc1. The van der Waals surface area contributed by atoms with Gasteiger partial charge >= 0.3 is 5.97 Å². The van der Waals surface area contributed by atoms with Crippen LogP contribution in [0.25, 0.3) is 22.0 Å². The van der Waals surface area contributed by atoms with Gasteiger partial charge in [0.15, 0.2) is 0 Å². The van der Waals surface area contributed by atoms with Crippen molar-refractivity contribution in [3.8, 4) is 11.1 Å². The van der Waals surface area contributed by atoms with Gasteiger partial charge in [-0.2, -0.15) is 0 Å². The number of esters is 1. The molecular weight excluding hydrogens is 424 g/mol. The van der Waals surface area contributed by atoms with Crippen LogP contribution in [0.4, 0.5) is 0 Å². The summed E-state index contributed by atoms with van der Waals surface area (Å²) in [6.45, 7) is 2.04. The van der Waals surface area contributed by atoms with E-state index in [9.17, 15) is 13.2 Å². The summed E-state index contributed by atoms with van der Waals surface area (Å²) in [5.74, 6) is -0.425. The van der Waals surface area contributed by atoms with Crippen molar-refractivity contribution in [3.05, 3.63) is 90.6 Å². The Kier molecular flexibility index (Phi) is 6.12. The van der Waals surface area contributed by atoms with Crippen molar-refractivity contribution in [2.75, 3.05) is 6.61 Å². The fourth-order valence-electron chi connectivity index (χ4n) is 3.69. The van der Waals surface area contributed by atoms with E-state index < -0.39 is 22.0 Å². The van der Waals surface area contributed by atoms with Crippen molar-refractivity contribution in [2.45, 2.75) is 24.3 Å². The molecule has 0 saturated carbocycles. The molecule has 7 heteroatoms. The topological polar surface area (TPSA) is 91.4 Å². The van der Waals surface area contributed by atoms with E-state index in [-0.39, 0.29) is 4.90 Å². The molecule has 0 radical (unpaired) electrons. The number of aromatic nitrogens is 1. The number of nitrogens with zero attached hydrogens (tertiary/aromatic N) is 1. The van der Waals surface area contributed by atoms with Crippen molar-refractivity contribution in [1.82, 2.24) is 3.97 Å². The van der Waals surface area contributed by atoms with Gasteiger partial charge in [-0.15, -0.1) is 0 Å². The molecule has 6 nitrogen and oxygen atoms in total. The first-order chi connectivity index (χ1) is 15.4.